The van der Waals surface area contributed by atoms with E-state index in [0.29, 0.717) is 12.0 Å². The molecule has 6 heteroatoms. The molecule has 1 atom stereocenters. The Balaban J connectivity index is 4.70. The molecule has 0 aromatic rings. The quantitative estimate of drug-likeness (QED) is 0.312. The molecule has 0 rings (SSSR count). The summed E-state index contributed by atoms with van der Waals surface area (Å²) in [7, 11) is -4.09. The molecule has 30 heavy (non-hydrogen) atoms. The van der Waals surface area contributed by atoms with E-state index in [4.69, 9.17) is 0 Å². The minimum absolute atomic E-state index is 0.101. The monoisotopic (exact) mass is 413 g/mol. The summed E-state index contributed by atoms with van der Waals surface area (Å²) in [5.74, 6) is 26.8. The van der Waals surface area contributed by atoms with E-state index in [1.54, 1.807) is 0 Å². The van der Waals surface area contributed by atoms with Crippen LogP contribution in [0.5, 0.6) is 0 Å². The molecule has 0 saturated carbocycles. The first kappa shape index (κ1) is 25.8. The lowest BCUT2D eigenvalue weighted by molar-refractivity contribution is -0.119. The number of amides is 1. The van der Waals surface area contributed by atoms with Gasteiger partial charge in [-0.2, -0.15) is 0 Å². The summed E-state index contributed by atoms with van der Waals surface area (Å²) in [5, 5.41) is 2.41. The fraction of sp³-hybridized carbons (Fsp3) is 0.208. The molecule has 0 fully saturated rings. The van der Waals surface area contributed by atoms with Crippen LogP contribution >= 0.6 is 7.60 Å². The van der Waals surface area contributed by atoms with Gasteiger partial charge in [-0.05, 0) is 95.3 Å². The van der Waals surface area contributed by atoms with Crippen molar-refractivity contribution in [3.05, 3.63) is 35.1 Å². The Hall–Kier alpha value is -4.16. The van der Waals surface area contributed by atoms with Gasteiger partial charge >= 0.3 is 7.60 Å². The number of hydrogen-bond acceptors (Lipinski definition) is 3. The van der Waals surface area contributed by atoms with Crippen molar-refractivity contribution in [2.45, 2.75) is 20.3 Å². The van der Waals surface area contributed by atoms with Crippen LogP contribution < -0.4 is 5.32 Å². The second kappa shape index (κ2) is 17.0. The van der Waals surface area contributed by atoms with Crippen molar-refractivity contribution in [2.75, 3.05) is 13.2 Å². The summed E-state index contributed by atoms with van der Waals surface area (Å²) < 4.78 is 16.2. The lowest BCUT2D eigenvalue weighted by Crippen LogP contribution is -2.23. The molecule has 0 aliphatic heterocycles. The fourth-order valence-electron chi connectivity index (χ4n) is 1.24. The van der Waals surface area contributed by atoms with Gasteiger partial charge in [0.15, 0.2) is 0 Å². The Morgan fingerprint density at radius 2 is 1.57 bits per heavy atom. The molecule has 0 heterocycles. The van der Waals surface area contributed by atoms with E-state index in [1.165, 1.54) is 6.92 Å². The minimum atomic E-state index is -4.09. The summed E-state index contributed by atoms with van der Waals surface area (Å²) in [6.45, 7) is 6.56. The van der Waals surface area contributed by atoms with Crippen LogP contribution in [0.2, 0.25) is 0 Å². The second-order valence-corrected chi connectivity index (χ2v) is 6.23. The van der Waals surface area contributed by atoms with Crippen molar-refractivity contribution in [1.82, 2.24) is 5.32 Å². The predicted octanol–water partition coefficient (Wildman–Crippen LogP) is 1.89. The summed E-state index contributed by atoms with van der Waals surface area (Å²) in [5.41, 5.74) is 13.1. The normalized spacial score (nSPS) is 8.90. The van der Waals surface area contributed by atoms with Crippen molar-refractivity contribution < 1.29 is 18.8 Å². The molecule has 0 aromatic heterocycles. The molecule has 1 amide bonds. The van der Waals surface area contributed by atoms with E-state index in [1.807, 2.05) is 12.6 Å². The van der Waals surface area contributed by atoms with Crippen LogP contribution in [-0.2, 0) is 13.9 Å². The highest BCUT2D eigenvalue weighted by atomic mass is 31.2. The van der Waals surface area contributed by atoms with Crippen LogP contribution in [0, 0.1) is 70.8 Å². The van der Waals surface area contributed by atoms with Gasteiger partial charge in [0, 0.05) is 19.1 Å². The fourth-order valence-corrected chi connectivity index (χ4v) is 1.84. The number of hydrogen-bond donors (Lipinski definition) is 2. The summed E-state index contributed by atoms with van der Waals surface area (Å²) in [4.78, 5) is 20.0. The van der Waals surface area contributed by atoms with Crippen LogP contribution in [-0.4, -0.2) is 24.0 Å². The molecule has 0 aliphatic carbocycles. The number of rotatable bonds is 5. The zero-order chi connectivity index (χ0) is 22.5. The van der Waals surface area contributed by atoms with Crippen LogP contribution in [0.4, 0.5) is 0 Å². The van der Waals surface area contributed by atoms with Crippen molar-refractivity contribution in [1.29, 1.82) is 0 Å². The number of nitrogens with one attached hydrogen (secondary N) is 1. The third-order valence-electron chi connectivity index (χ3n) is 2.43. The van der Waals surface area contributed by atoms with Crippen molar-refractivity contribution in [2.24, 2.45) is 0 Å². The maximum Gasteiger partial charge on any atom is 0.404 e. The van der Waals surface area contributed by atoms with Crippen molar-refractivity contribution >= 4 is 13.5 Å². The van der Waals surface area contributed by atoms with Crippen molar-refractivity contribution in [3.63, 3.8) is 0 Å². The van der Waals surface area contributed by atoms with Crippen LogP contribution in [0.1, 0.15) is 20.3 Å². The first-order valence-electron chi connectivity index (χ1n) is 8.30. The van der Waals surface area contributed by atoms with E-state index in [0.717, 1.165) is 0 Å². The average Bonchev–Trinajstić information content (AvgIpc) is 2.70. The van der Waals surface area contributed by atoms with Gasteiger partial charge in [0.2, 0.25) is 5.91 Å². The number of carbonyl (C=O) groups is 1. The van der Waals surface area contributed by atoms with Gasteiger partial charge < -0.3 is 10.2 Å². The highest BCUT2D eigenvalue weighted by molar-refractivity contribution is 7.58. The SMILES string of the molecule is C=C=C=C=C=C(C#CC#CC#CC#CC#CC#CP(=O)(O)OCCNC(C)=O)CC. The Morgan fingerprint density at radius 3 is 2.10 bits per heavy atom. The van der Waals surface area contributed by atoms with E-state index in [-0.39, 0.29) is 19.1 Å². The molecule has 0 spiro atoms. The first-order chi connectivity index (χ1) is 14.4. The maximum absolute atomic E-state index is 11.5. The summed E-state index contributed by atoms with van der Waals surface area (Å²) in [6.07, 6.45) is 0.675. The summed E-state index contributed by atoms with van der Waals surface area (Å²) in [6, 6.07) is 0. The molecule has 0 bridgehead atoms. The highest BCUT2D eigenvalue weighted by Crippen LogP contribution is 2.39. The predicted molar refractivity (Wildman–Crippen MR) is 115 cm³/mol. The maximum atomic E-state index is 11.5. The number of carbonyl (C=O) groups excluding carboxylic acids is 1. The molecule has 2 N–H and O–H groups in total. The molecule has 0 saturated heterocycles. The third kappa shape index (κ3) is 17.3. The van der Waals surface area contributed by atoms with Gasteiger partial charge in [-0.15, -0.1) is 0 Å². The van der Waals surface area contributed by atoms with Crippen LogP contribution in [0.15, 0.2) is 35.1 Å². The van der Waals surface area contributed by atoms with Gasteiger partial charge in [-0.25, -0.2) is 4.57 Å². The molecule has 1 unspecified atom stereocenters. The van der Waals surface area contributed by atoms with Gasteiger partial charge in [0.1, 0.15) is 0 Å². The Bertz CT molecular complexity index is 1240. The van der Waals surface area contributed by atoms with Gasteiger partial charge in [0.05, 0.1) is 12.2 Å². The second-order valence-electron chi connectivity index (χ2n) is 4.71. The molecule has 5 nitrogen and oxygen atoms in total. The molecular formula is C24H16NO4P. The average molecular weight is 413 g/mol. The van der Waals surface area contributed by atoms with Crippen LogP contribution in [0.25, 0.3) is 0 Å². The molecule has 0 aromatic carbocycles. The lowest BCUT2D eigenvalue weighted by Gasteiger charge is -2.05. The third-order valence-corrected chi connectivity index (χ3v) is 3.36. The van der Waals surface area contributed by atoms with E-state index < -0.39 is 7.60 Å². The van der Waals surface area contributed by atoms with Gasteiger partial charge in [-0.1, -0.05) is 12.7 Å². The minimum Gasteiger partial charge on any atom is -0.354 e. The van der Waals surface area contributed by atoms with Crippen molar-refractivity contribution in [3.8, 4) is 70.8 Å². The standard InChI is InChI=1S/C24H16NO4P/c1-4-6-15-18-24(5-2)19-16-13-11-9-7-8-10-12-14-17-22-30(27,28)29-21-20-25-23(3)26/h1,5,20-21H2,2-3H3,(H,25,26)(H,27,28). The molecule has 146 valence electrons. The van der Waals surface area contributed by atoms with Gasteiger partial charge in [0.25, 0.3) is 0 Å². The molecule has 0 aliphatic rings. The highest BCUT2D eigenvalue weighted by Gasteiger charge is 2.14. The smallest absolute Gasteiger partial charge is 0.354 e. The zero-order valence-electron chi connectivity index (χ0n) is 16.4. The molecule has 0 radical (unpaired) electrons. The van der Waals surface area contributed by atoms with Crippen LogP contribution in [0.3, 0.4) is 0 Å². The topological polar surface area (TPSA) is 75.6 Å². The summed E-state index contributed by atoms with van der Waals surface area (Å²) >= 11 is 0. The Labute approximate surface area is 177 Å². The van der Waals surface area contributed by atoms with E-state index in [2.05, 4.69) is 104 Å². The Kier molecular flexibility index (Phi) is 14.6. The lowest BCUT2D eigenvalue weighted by atomic mass is 10.2. The molecular weight excluding hydrogens is 397 g/mol. The zero-order valence-corrected chi connectivity index (χ0v) is 17.3. The van der Waals surface area contributed by atoms with E-state index >= 15 is 0 Å². The largest absolute Gasteiger partial charge is 0.404 e. The number of allylic oxidation sites excluding steroid dienone is 1. The van der Waals surface area contributed by atoms with Gasteiger partial charge in [-0.3, -0.25) is 9.32 Å². The Morgan fingerprint density at radius 1 is 1.00 bits per heavy atom. The van der Waals surface area contributed by atoms with E-state index in [9.17, 15) is 14.3 Å². The first-order valence-corrected chi connectivity index (χ1v) is 9.88.